The molecule has 0 saturated carbocycles. The highest BCUT2D eigenvalue weighted by Crippen LogP contribution is 2.39. The van der Waals surface area contributed by atoms with Gasteiger partial charge in [0.25, 0.3) is 0 Å². The molecule has 1 fully saturated rings. The second kappa shape index (κ2) is 13.5. The van der Waals surface area contributed by atoms with Crippen LogP contribution in [0.2, 0.25) is 0 Å². The highest BCUT2D eigenvalue weighted by Gasteiger charge is 2.35. The molecule has 8 nitrogen and oxygen atoms in total. The molecule has 3 aliphatic rings. The van der Waals surface area contributed by atoms with Gasteiger partial charge in [0.1, 0.15) is 0 Å². The molecular weight excluding hydrogens is 516 g/mol. The van der Waals surface area contributed by atoms with Gasteiger partial charge in [-0.05, 0) is 81.6 Å². The van der Waals surface area contributed by atoms with Crippen LogP contribution in [0.1, 0.15) is 56.1 Å². The molecule has 2 aromatic carbocycles. The zero-order valence-electron chi connectivity index (χ0n) is 24.8. The van der Waals surface area contributed by atoms with E-state index in [-0.39, 0.29) is 30.6 Å². The lowest BCUT2D eigenvalue weighted by Crippen LogP contribution is -2.43. The monoisotopic (exact) mass is 560 g/mol. The van der Waals surface area contributed by atoms with Crippen molar-refractivity contribution < 1.29 is 19.1 Å². The number of hydrogen-bond donors (Lipinski definition) is 0. The summed E-state index contributed by atoms with van der Waals surface area (Å²) >= 11 is 0. The Kier molecular flexibility index (Phi) is 9.62. The van der Waals surface area contributed by atoms with E-state index in [0.717, 1.165) is 81.0 Å². The SMILES string of the molecule is CCCCN(CCCCN(C)C)C(=O)CN1C[C@H](c2ccc3c(c2)OCO3)C[C@@H]1/C=C/N1C(=O)Cc2ccccc21. The minimum absolute atomic E-state index is 0.0386. The Morgan fingerprint density at radius 2 is 1.80 bits per heavy atom. The average molecular weight is 561 g/mol. The fourth-order valence-electron chi connectivity index (χ4n) is 6.07. The molecule has 2 atom stereocenters. The maximum atomic E-state index is 13.7. The fourth-order valence-corrected chi connectivity index (χ4v) is 6.07. The van der Waals surface area contributed by atoms with Gasteiger partial charge in [0.2, 0.25) is 18.6 Å². The smallest absolute Gasteiger partial charge is 0.236 e. The van der Waals surface area contributed by atoms with Crippen LogP contribution in [0.3, 0.4) is 0 Å². The van der Waals surface area contributed by atoms with Crippen LogP contribution in [0, 0.1) is 0 Å². The Balaban J connectivity index is 1.32. The van der Waals surface area contributed by atoms with Crippen molar-refractivity contribution >= 4 is 17.5 Å². The Morgan fingerprint density at radius 1 is 1.02 bits per heavy atom. The Morgan fingerprint density at radius 3 is 2.63 bits per heavy atom. The molecule has 3 heterocycles. The molecule has 0 spiro atoms. The topological polar surface area (TPSA) is 65.6 Å². The van der Waals surface area contributed by atoms with Crippen LogP contribution in [0.5, 0.6) is 11.5 Å². The highest BCUT2D eigenvalue weighted by molar-refractivity contribution is 6.02. The summed E-state index contributed by atoms with van der Waals surface area (Å²) in [4.78, 5) is 34.8. The van der Waals surface area contributed by atoms with Crippen LogP contribution in [-0.4, -0.2) is 86.2 Å². The number of anilines is 1. The normalized spacial score (nSPS) is 20.0. The number of likely N-dealkylation sites (tertiary alicyclic amines) is 1. The number of rotatable bonds is 13. The molecule has 0 radical (unpaired) electrons. The first-order valence-corrected chi connectivity index (χ1v) is 15.1. The lowest BCUT2D eigenvalue weighted by molar-refractivity contribution is -0.132. The summed E-state index contributed by atoms with van der Waals surface area (Å²) in [6.45, 7) is 6.20. The van der Waals surface area contributed by atoms with E-state index >= 15 is 0 Å². The van der Waals surface area contributed by atoms with Crippen LogP contribution in [0.15, 0.2) is 54.7 Å². The lowest BCUT2D eigenvalue weighted by Gasteiger charge is -2.28. The van der Waals surface area contributed by atoms with Gasteiger partial charge in [0, 0.05) is 31.9 Å². The van der Waals surface area contributed by atoms with Gasteiger partial charge < -0.3 is 19.3 Å². The van der Waals surface area contributed by atoms with Crippen molar-refractivity contribution in [2.24, 2.45) is 0 Å². The molecule has 220 valence electrons. The summed E-state index contributed by atoms with van der Waals surface area (Å²) in [5.41, 5.74) is 3.20. The van der Waals surface area contributed by atoms with Crippen molar-refractivity contribution in [3.05, 3.63) is 65.9 Å². The van der Waals surface area contributed by atoms with Crippen LogP contribution in [0.4, 0.5) is 5.69 Å². The number of para-hydroxylation sites is 1. The maximum absolute atomic E-state index is 13.7. The Labute approximate surface area is 244 Å². The highest BCUT2D eigenvalue weighted by atomic mass is 16.7. The lowest BCUT2D eigenvalue weighted by atomic mass is 9.96. The minimum atomic E-state index is 0.0386. The van der Waals surface area contributed by atoms with Gasteiger partial charge in [-0.15, -0.1) is 0 Å². The molecule has 2 aromatic rings. The second-order valence-corrected chi connectivity index (χ2v) is 11.7. The standard InChI is InChI=1S/C33H44N4O4/c1-4-5-16-35(17-9-8-15-34(2)3)33(39)23-36-22-27(25-12-13-30-31(20-25)41-24-40-30)19-28(36)14-18-37-29-11-7-6-10-26(29)21-32(37)38/h6-7,10-14,18,20,27-28H,4-5,8-9,15-17,19,21-24H2,1-3H3/b18-14+/t27-,28+/m1/s1. The van der Waals surface area contributed by atoms with Crippen LogP contribution >= 0.6 is 0 Å². The molecule has 0 N–H and O–H groups in total. The molecule has 8 heteroatoms. The first-order chi connectivity index (χ1) is 19.9. The van der Waals surface area contributed by atoms with E-state index in [1.54, 1.807) is 4.90 Å². The third-order valence-corrected chi connectivity index (χ3v) is 8.39. The number of benzene rings is 2. The van der Waals surface area contributed by atoms with Gasteiger partial charge in [-0.1, -0.05) is 43.7 Å². The van der Waals surface area contributed by atoms with Gasteiger partial charge in [-0.25, -0.2) is 0 Å². The van der Waals surface area contributed by atoms with Crippen molar-refractivity contribution in [2.45, 2.75) is 57.4 Å². The second-order valence-electron chi connectivity index (χ2n) is 11.7. The number of carbonyl (C=O) groups excluding carboxylic acids is 2. The van der Waals surface area contributed by atoms with Gasteiger partial charge in [-0.2, -0.15) is 0 Å². The molecule has 0 aliphatic carbocycles. The fraction of sp³-hybridized carbons (Fsp3) is 0.515. The van der Waals surface area contributed by atoms with Gasteiger partial charge in [0.15, 0.2) is 11.5 Å². The largest absolute Gasteiger partial charge is 0.454 e. The number of ether oxygens (including phenoxy) is 2. The Hall–Kier alpha value is -3.36. The van der Waals surface area contributed by atoms with Gasteiger partial charge >= 0.3 is 0 Å². The van der Waals surface area contributed by atoms with Crippen molar-refractivity contribution in [1.82, 2.24) is 14.7 Å². The summed E-state index contributed by atoms with van der Waals surface area (Å²) in [5, 5.41) is 0. The number of carbonyl (C=O) groups is 2. The molecule has 2 amide bonds. The van der Waals surface area contributed by atoms with E-state index in [0.29, 0.717) is 13.0 Å². The van der Waals surface area contributed by atoms with Crippen LogP contribution in [-0.2, 0) is 16.0 Å². The van der Waals surface area contributed by atoms with E-state index < -0.39 is 0 Å². The van der Waals surface area contributed by atoms with Gasteiger partial charge in [-0.3, -0.25) is 19.4 Å². The third kappa shape index (κ3) is 7.11. The molecular formula is C33H44N4O4. The number of hydrogen-bond acceptors (Lipinski definition) is 6. The number of nitrogens with zero attached hydrogens (tertiary/aromatic N) is 4. The van der Waals surface area contributed by atoms with Crippen molar-refractivity contribution in [2.75, 3.05) is 58.5 Å². The van der Waals surface area contributed by atoms with Crippen LogP contribution < -0.4 is 14.4 Å². The van der Waals surface area contributed by atoms with Crippen molar-refractivity contribution in [3.63, 3.8) is 0 Å². The summed E-state index contributed by atoms with van der Waals surface area (Å²) in [5.74, 6) is 2.08. The first-order valence-electron chi connectivity index (χ1n) is 15.1. The van der Waals surface area contributed by atoms with Gasteiger partial charge in [0.05, 0.1) is 18.7 Å². The summed E-state index contributed by atoms with van der Waals surface area (Å²) in [6.07, 6.45) is 9.50. The molecule has 5 rings (SSSR count). The summed E-state index contributed by atoms with van der Waals surface area (Å²) in [6, 6.07) is 14.2. The molecule has 0 aromatic heterocycles. The van der Waals surface area contributed by atoms with Crippen molar-refractivity contribution in [3.8, 4) is 11.5 Å². The van der Waals surface area contributed by atoms with E-state index in [9.17, 15) is 9.59 Å². The predicted octanol–water partition coefficient (Wildman–Crippen LogP) is 4.65. The van der Waals surface area contributed by atoms with E-state index in [2.05, 4.69) is 53.9 Å². The quantitative estimate of drug-likeness (QED) is 0.333. The molecule has 0 bridgehead atoms. The molecule has 0 unspecified atom stereocenters. The number of amides is 2. The number of fused-ring (bicyclic) bond motifs is 2. The van der Waals surface area contributed by atoms with E-state index in [4.69, 9.17) is 9.47 Å². The Bertz CT molecular complexity index is 1250. The molecule has 1 saturated heterocycles. The zero-order chi connectivity index (χ0) is 28.8. The first kappa shape index (κ1) is 29.1. The van der Waals surface area contributed by atoms with E-state index in [1.807, 2.05) is 36.5 Å². The third-order valence-electron chi connectivity index (χ3n) is 8.39. The number of unbranched alkanes of at least 4 members (excludes halogenated alkanes) is 2. The molecule has 41 heavy (non-hydrogen) atoms. The molecule has 3 aliphatic heterocycles. The maximum Gasteiger partial charge on any atom is 0.236 e. The predicted molar refractivity (Wildman–Crippen MR) is 161 cm³/mol. The summed E-state index contributed by atoms with van der Waals surface area (Å²) < 4.78 is 11.2. The van der Waals surface area contributed by atoms with E-state index in [1.165, 1.54) is 5.56 Å². The summed E-state index contributed by atoms with van der Waals surface area (Å²) in [7, 11) is 4.18. The average Bonchev–Trinajstić information content (AvgIpc) is 3.67. The van der Waals surface area contributed by atoms with Crippen molar-refractivity contribution in [1.29, 1.82) is 0 Å². The van der Waals surface area contributed by atoms with Crippen LogP contribution in [0.25, 0.3) is 0 Å². The minimum Gasteiger partial charge on any atom is -0.454 e. The zero-order valence-corrected chi connectivity index (χ0v) is 24.8.